The van der Waals surface area contributed by atoms with Gasteiger partial charge in [-0.1, -0.05) is 13.8 Å². The Labute approximate surface area is 103 Å². The van der Waals surface area contributed by atoms with Gasteiger partial charge in [-0.05, 0) is 38.4 Å². The average molecular weight is 241 g/mol. The number of nitrogens with one attached hydrogen (secondary N) is 1. The molecule has 1 N–H and O–H groups in total. The van der Waals surface area contributed by atoms with Gasteiger partial charge in [-0.2, -0.15) is 0 Å². The summed E-state index contributed by atoms with van der Waals surface area (Å²) in [6, 6.07) is 4.94. The van der Waals surface area contributed by atoms with Gasteiger partial charge in [-0.15, -0.1) is 11.3 Å². The molecule has 0 aliphatic carbocycles. The molecule has 0 saturated heterocycles. The summed E-state index contributed by atoms with van der Waals surface area (Å²) in [5.41, 5.74) is 0. The van der Waals surface area contributed by atoms with Crippen LogP contribution in [0.15, 0.2) is 12.1 Å². The van der Waals surface area contributed by atoms with Gasteiger partial charge >= 0.3 is 0 Å². The fourth-order valence-electron chi connectivity index (χ4n) is 1.70. The highest BCUT2D eigenvalue weighted by molar-refractivity contribution is 7.11. The lowest BCUT2D eigenvalue weighted by molar-refractivity contribution is 0.123. The summed E-state index contributed by atoms with van der Waals surface area (Å²) in [6.07, 6.45) is 2.22. The molecule has 1 rings (SSSR count). The van der Waals surface area contributed by atoms with Crippen LogP contribution < -0.4 is 5.32 Å². The van der Waals surface area contributed by atoms with Crippen LogP contribution in [0.1, 0.15) is 30.5 Å². The maximum atomic E-state index is 5.50. The fraction of sp³-hybridized carbons (Fsp3) is 0.692. The van der Waals surface area contributed by atoms with E-state index in [4.69, 9.17) is 4.74 Å². The van der Waals surface area contributed by atoms with E-state index in [9.17, 15) is 0 Å². The average Bonchev–Trinajstić information content (AvgIpc) is 2.74. The number of aryl methyl sites for hydroxylation is 1. The normalized spacial score (nSPS) is 12.9. The number of likely N-dealkylation sites (N-methyl/N-ethyl adjacent to an activating group) is 1. The molecule has 0 fully saturated rings. The Morgan fingerprint density at radius 1 is 1.25 bits per heavy atom. The summed E-state index contributed by atoms with van der Waals surface area (Å²) in [6.45, 7) is 9.01. The molecule has 1 aromatic heterocycles. The quantitative estimate of drug-likeness (QED) is 0.755. The molecule has 0 saturated carbocycles. The summed E-state index contributed by atoms with van der Waals surface area (Å²) in [7, 11) is 0. The molecule has 92 valence electrons. The van der Waals surface area contributed by atoms with Gasteiger partial charge in [0, 0.05) is 22.4 Å². The standard InChI is InChI=1S/C13H23NOS/c1-4-12-7-8-13(16-12)9-11(14-5-2)10-15-6-3/h7-8,11,14H,4-6,9-10H2,1-3H3. The summed E-state index contributed by atoms with van der Waals surface area (Å²) in [5.74, 6) is 0. The Balaban J connectivity index is 2.46. The third-order valence-electron chi connectivity index (χ3n) is 2.53. The van der Waals surface area contributed by atoms with Crippen LogP contribution in [0.2, 0.25) is 0 Å². The second kappa shape index (κ2) is 7.82. The predicted octanol–water partition coefficient (Wildman–Crippen LogP) is 2.87. The summed E-state index contributed by atoms with van der Waals surface area (Å²) in [5, 5.41) is 3.47. The Kier molecular flexibility index (Phi) is 6.69. The van der Waals surface area contributed by atoms with Crippen molar-refractivity contribution in [3.05, 3.63) is 21.9 Å². The van der Waals surface area contributed by atoms with Crippen LogP contribution >= 0.6 is 11.3 Å². The first-order valence-corrected chi connectivity index (χ1v) is 7.00. The van der Waals surface area contributed by atoms with Gasteiger partial charge in [-0.25, -0.2) is 0 Å². The molecular weight excluding hydrogens is 218 g/mol. The Bertz CT molecular complexity index is 285. The molecule has 1 unspecified atom stereocenters. The van der Waals surface area contributed by atoms with Gasteiger partial charge in [0.05, 0.1) is 6.61 Å². The van der Waals surface area contributed by atoms with E-state index in [1.165, 1.54) is 9.75 Å². The predicted molar refractivity (Wildman–Crippen MR) is 71.4 cm³/mol. The van der Waals surface area contributed by atoms with Gasteiger partial charge in [-0.3, -0.25) is 0 Å². The van der Waals surface area contributed by atoms with Crippen LogP contribution in [0.25, 0.3) is 0 Å². The first kappa shape index (κ1) is 13.7. The highest BCUT2D eigenvalue weighted by Gasteiger charge is 2.09. The zero-order valence-electron chi connectivity index (χ0n) is 10.6. The van der Waals surface area contributed by atoms with Gasteiger partial charge in [0.1, 0.15) is 0 Å². The molecule has 0 amide bonds. The van der Waals surface area contributed by atoms with E-state index in [2.05, 4.69) is 31.3 Å². The zero-order chi connectivity index (χ0) is 11.8. The topological polar surface area (TPSA) is 21.3 Å². The number of thiophene rings is 1. The summed E-state index contributed by atoms with van der Waals surface area (Å²) in [4.78, 5) is 2.93. The molecule has 0 aromatic carbocycles. The van der Waals surface area contributed by atoms with Crippen molar-refractivity contribution in [1.82, 2.24) is 5.32 Å². The van der Waals surface area contributed by atoms with Crippen molar-refractivity contribution in [3.8, 4) is 0 Å². The molecular formula is C13H23NOS. The fourth-order valence-corrected chi connectivity index (χ4v) is 2.74. The van der Waals surface area contributed by atoms with E-state index in [-0.39, 0.29) is 0 Å². The smallest absolute Gasteiger partial charge is 0.0623 e. The van der Waals surface area contributed by atoms with Crippen LogP contribution in [-0.2, 0) is 17.6 Å². The van der Waals surface area contributed by atoms with Gasteiger partial charge < -0.3 is 10.1 Å². The second-order valence-electron chi connectivity index (χ2n) is 3.84. The van der Waals surface area contributed by atoms with E-state index in [1.54, 1.807) is 0 Å². The molecule has 0 aliphatic heterocycles. The summed E-state index contributed by atoms with van der Waals surface area (Å²) >= 11 is 1.92. The Hall–Kier alpha value is -0.380. The Morgan fingerprint density at radius 2 is 2.00 bits per heavy atom. The minimum Gasteiger partial charge on any atom is -0.380 e. The van der Waals surface area contributed by atoms with E-state index >= 15 is 0 Å². The number of hydrogen-bond donors (Lipinski definition) is 1. The van der Waals surface area contributed by atoms with Crippen LogP contribution in [0.5, 0.6) is 0 Å². The van der Waals surface area contributed by atoms with E-state index in [0.29, 0.717) is 6.04 Å². The summed E-state index contributed by atoms with van der Waals surface area (Å²) < 4.78 is 5.50. The Morgan fingerprint density at radius 3 is 2.56 bits per heavy atom. The highest BCUT2D eigenvalue weighted by Crippen LogP contribution is 2.18. The largest absolute Gasteiger partial charge is 0.380 e. The van der Waals surface area contributed by atoms with Crippen molar-refractivity contribution < 1.29 is 4.74 Å². The van der Waals surface area contributed by atoms with E-state index < -0.39 is 0 Å². The zero-order valence-corrected chi connectivity index (χ0v) is 11.4. The molecule has 0 radical (unpaired) electrons. The first-order valence-electron chi connectivity index (χ1n) is 6.18. The molecule has 1 heterocycles. The molecule has 1 atom stereocenters. The monoisotopic (exact) mass is 241 g/mol. The molecule has 0 bridgehead atoms. The first-order chi connectivity index (χ1) is 7.80. The van der Waals surface area contributed by atoms with Crippen molar-refractivity contribution in [1.29, 1.82) is 0 Å². The van der Waals surface area contributed by atoms with Crippen molar-refractivity contribution in [3.63, 3.8) is 0 Å². The highest BCUT2D eigenvalue weighted by atomic mass is 32.1. The van der Waals surface area contributed by atoms with Crippen molar-refractivity contribution in [2.75, 3.05) is 19.8 Å². The molecule has 16 heavy (non-hydrogen) atoms. The van der Waals surface area contributed by atoms with Crippen LogP contribution in [-0.4, -0.2) is 25.8 Å². The van der Waals surface area contributed by atoms with Crippen molar-refractivity contribution >= 4 is 11.3 Å². The molecule has 1 aromatic rings. The molecule has 0 spiro atoms. The van der Waals surface area contributed by atoms with E-state index in [0.717, 1.165) is 32.6 Å². The van der Waals surface area contributed by atoms with Gasteiger partial charge in [0.25, 0.3) is 0 Å². The van der Waals surface area contributed by atoms with Crippen LogP contribution in [0.3, 0.4) is 0 Å². The van der Waals surface area contributed by atoms with Crippen LogP contribution in [0.4, 0.5) is 0 Å². The second-order valence-corrected chi connectivity index (χ2v) is 5.09. The number of ether oxygens (including phenoxy) is 1. The minimum atomic E-state index is 0.452. The van der Waals surface area contributed by atoms with Gasteiger partial charge in [0.15, 0.2) is 0 Å². The number of hydrogen-bond acceptors (Lipinski definition) is 3. The minimum absolute atomic E-state index is 0.452. The van der Waals surface area contributed by atoms with Crippen molar-refractivity contribution in [2.45, 2.75) is 39.7 Å². The molecule has 0 aliphatic rings. The molecule has 3 heteroatoms. The van der Waals surface area contributed by atoms with Crippen molar-refractivity contribution in [2.24, 2.45) is 0 Å². The lowest BCUT2D eigenvalue weighted by Gasteiger charge is -2.16. The number of rotatable bonds is 8. The van der Waals surface area contributed by atoms with E-state index in [1.807, 2.05) is 18.3 Å². The maximum absolute atomic E-state index is 5.50. The van der Waals surface area contributed by atoms with Crippen LogP contribution in [0, 0.1) is 0 Å². The molecule has 2 nitrogen and oxygen atoms in total. The SMILES string of the molecule is CCNC(COCC)Cc1ccc(CC)s1. The maximum Gasteiger partial charge on any atom is 0.0623 e. The third-order valence-corrected chi connectivity index (χ3v) is 3.78. The van der Waals surface area contributed by atoms with Gasteiger partial charge in [0.2, 0.25) is 0 Å². The lowest BCUT2D eigenvalue weighted by Crippen LogP contribution is -2.35. The third kappa shape index (κ3) is 4.64. The lowest BCUT2D eigenvalue weighted by atomic mass is 10.2.